The number of hydrogen-bond donors (Lipinski definition) is 1. The van der Waals surface area contributed by atoms with Crippen molar-refractivity contribution >= 4 is 17.7 Å². The molecule has 58 valence electrons. The van der Waals surface area contributed by atoms with Gasteiger partial charge in [-0.1, -0.05) is 0 Å². The van der Waals surface area contributed by atoms with Crippen molar-refractivity contribution in [1.82, 2.24) is 4.90 Å². The van der Waals surface area contributed by atoms with E-state index < -0.39 is 0 Å². The van der Waals surface area contributed by atoms with Gasteiger partial charge in [0, 0.05) is 18.1 Å². The maximum Gasteiger partial charge on any atom is 0.235 e. The topological polar surface area (TPSA) is 46.3 Å². The molecular weight excluding hydrogens is 148 g/mol. The molecule has 1 aliphatic rings. The lowest BCUT2D eigenvalue weighted by molar-refractivity contribution is -0.122. The number of amides is 1. The Bertz CT molecular complexity index is 140. The van der Waals surface area contributed by atoms with Crippen LogP contribution in [0.25, 0.3) is 0 Å². The summed E-state index contributed by atoms with van der Waals surface area (Å²) in [5.41, 5.74) is 5.16. The molecule has 1 saturated heterocycles. The molecule has 0 aliphatic carbocycles. The molecule has 0 bridgehead atoms. The Labute approximate surface area is 64.9 Å². The predicted molar refractivity (Wildman–Crippen MR) is 42.9 cm³/mol. The fraction of sp³-hybridized carbons (Fsp3) is 0.833. The van der Waals surface area contributed by atoms with E-state index >= 15 is 0 Å². The van der Waals surface area contributed by atoms with Crippen molar-refractivity contribution in [3.63, 3.8) is 0 Å². The monoisotopic (exact) mass is 160 g/mol. The Hall–Kier alpha value is -0.220. The number of carbonyl (C=O) groups is 1. The maximum atomic E-state index is 10.7. The summed E-state index contributed by atoms with van der Waals surface area (Å²) < 4.78 is 0. The molecule has 1 fully saturated rings. The van der Waals surface area contributed by atoms with Gasteiger partial charge < -0.3 is 5.73 Å². The predicted octanol–water partition coefficient (Wildman–Crippen LogP) is -0.481. The van der Waals surface area contributed by atoms with Crippen LogP contribution in [0, 0.1) is 0 Å². The average Bonchev–Trinajstić information content (AvgIpc) is 1.88. The van der Waals surface area contributed by atoms with Crippen LogP contribution in [0.4, 0.5) is 0 Å². The van der Waals surface area contributed by atoms with Gasteiger partial charge >= 0.3 is 0 Å². The average molecular weight is 160 g/mol. The number of carbonyl (C=O) groups excluding carboxylic acids is 1. The number of likely N-dealkylation sites (N-methyl/N-ethyl adjacent to an activating group) is 1. The quantitative estimate of drug-likeness (QED) is 0.563. The van der Waals surface area contributed by atoms with E-state index in [0.717, 1.165) is 18.1 Å². The molecule has 0 aromatic rings. The first-order valence-electron chi connectivity index (χ1n) is 3.29. The Morgan fingerprint density at radius 2 is 2.50 bits per heavy atom. The molecule has 0 aromatic carbocycles. The molecule has 1 unspecified atom stereocenters. The molecule has 0 radical (unpaired) electrons. The molecule has 1 atom stereocenters. The van der Waals surface area contributed by atoms with Crippen LogP contribution in [0.1, 0.15) is 0 Å². The van der Waals surface area contributed by atoms with Crippen LogP contribution >= 0.6 is 11.8 Å². The number of rotatable bonds is 1. The SMILES string of the molecule is CN1CCSCC1C(N)=O. The van der Waals surface area contributed by atoms with Crippen molar-refractivity contribution in [2.45, 2.75) is 6.04 Å². The van der Waals surface area contributed by atoms with Crippen molar-refractivity contribution < 1.29 is 4.79 Å². The summed E-state index contributed by atoms with van der Waals surface area (Å²) in [5.74, 6) is 1.77. The lowest BCUT2D eigenvalue weighted by Gasteiger charge is -2.29. The minimum absolute atomic E-state index is 0.0428. The normalized spacial score (nSPS) is 28.3. The molecular formula is C6H12N2OS. The Kier molecular flexibility index (Phi) is 2.56. The number of nitrogens with two attached hydrogens (primary N) is 1. The Morgan fingerprint density at radius 3 is 2.90 bits per heavy atom. The van der Waals surface area contributed by atoms with Gasteiger partial charge in [-0.15, -0.1) is 0 Å². The van der Waals surface area contributed by atoms with Gasteiger partial charge in [-0.25, -0.2) is 0 Å². The molecule has 1 amide bonds. The zero-order valence-electron chi connectivity index (χ0n) is 6.04. The van der Waals surface area contributed by atoms with Crippen molar-refractivity contribution in [3.05, 3.63) is 0 Å². The first kappa shape index (κ1) is 7.88. The van der Waals surface area contributed by atoms with Crippen LogP contribution in [0.3, 0.4) is 0 Å². The van der Waals surface area contributed by atoms with Gasteiger partial charge in [-0.3, -0.25) is 9.69 Å². The first-order valence-corrected chi connectivity index (χ1v) is 4.44. The fourth-order valence-electron chi connectivity index (χ4n) is 0.986. The van der Waals surface area contributed by atoms with Crippen LogP contribution in [0.2, 0.25) is 0 Å². The van der Waals surface area contributed by atoms with E-state index in [2.05, 4.69) is 0 Å². The van der Waals surface area contributed by atoms with Crippen molar-refractivity contribution in [3.8, 4) is 0 Å². The molecule has 10 heavy (non-hydrogen) atoms. The molecule has 3 nitrogen and oxygen atoms in total. The molecule has 1 heterocycles. The van der Waals surface area contributed by atoms with E-state index in [1.807, 2.05) is 11.9 Å². The number of thioether (sulfide) groups is 1. The van der Waals surface area contributed by atoms with Gasteiger partial charge in [-0.2, -0.15) is 11.8 Å². The highest BCUT2D eigenvalue weighted by molar-refractivity contribution is 7.99. The van der Waals surface area contributed by atoms with E-state index in [-0.39, 0.29) is 11.9 Å². The van der Waals surface area contributed by atoms with Crippen molar-refractivity contribution in [2.24, 2.45) is 5.73 Å². The highest BCUT2D eigenvalue weighted by Crippen LogP contribution is 2.13. The largest absolute Gasteiger partial charge is 0.368 e. The first-order chi connectivity index (χ1) is 4.72. The van der Waals surface area contributed by atoms with Gasteiger partial charge in [-0.05, 0) is 7.05 Å². The van der Waals surface area contributed by atoms with E-state index in [1.54, 1.807) is 11.8 Å². The molecule has 0 spiro atoms. The van der Waals surface area contributed by atoms with Crippen LogP contribution in [0.15, 0.2) is 0 Å². The van der Waals surface area contributed by atoms with Gasteiger partial charge in [0.1, 0.15) is 0 Å². The highest BCUT2D eigenvalue weighted by Gasteiger charge is 2.23. The second-order valence-corrected chi connectivity index (χ2v) is 3.62. The smallest absolute Gasteiger partial charge is 0.235 e. The van der Waals surface area contributed by atoms with E-state index in [4.69, 9.17) is 5.73 Å². The summed E-state index contributed by atoms with van der Waals surface area (Å²) in [4.78, 5) is 12.7. The lowest BCUT2D eigenvalue weighted by Crippen LogP contribution is -2.47. The third-order valence-electron chi connectivity index (χ3n) is 1.72. The molecule has 2 N–H and O–H groups in total. The summed E-state index contributed by atoms with van der Waals surface area (Å²) in [5, 5.41) is 0. The third-order valence-corrected chi connectivity index (χ3v) is 2.75. The van der Waals surface area contributed by atoms with E-state index in [0.29, 0.717) is 0 Å². The summed E-state index contributed by atoms with van der Waals surface area (Å²) >= 11 is 1.79. The zero-order chi connectivity index (χ0) is 7.56. The van der Waals surface area contributed by atoms with Crippen molar-refractivity contribution in [2.75, 3.05) is 25.1 Å². The second-order valence-electron chi connectivity index (χ2n) is 2.47. The molecule has 4 heteroatoms. The summed E-state index contributed by atoms with van der Waals surface area (Å²) in [6.45, 7) is 0.971. The fourth-order valence-corrected chi connectivity index (χ4v) is 2.21. The van der Waals surface area contributed by atoms with Crippen molar-refractivity contribution in [1.29, 1.82) is 0 Å². The molecule has 1 aliphatic heterocycles. The second kappa shape index (κ2) is 3.25. The maximum absolute atomic E-state index is 10.7. The number of nitrogens with zero attached hydrogens (tertiary/aromatic N) is 1. The van der Waals surface area contributed by atoms with Crippen LogP contribution in [-0.2, 0) is 4.79 Å². The van der Waals surface area contributed by atoms with Gasteiger partial charge in [0.25, 0.3) is 0 Å². The third kappa shape index (κ3) is 1.64. The highest BCUT2D eigenvalue weighted by atomic mass is 32.2. The van der Waals surface area contributed by atoms with Gasteiger partial charge in [0.2, 0.25) is 5.91 Å². The standard InChI is InChI=1S/C6H12N2OS/c1-8-2-3-10-4-5(8)6(7)9/h5H,2-4H2,1H3,(H2,7,9). The van der Waals surface area contributed by atoms with Gasteiger partial charge in [0.15, 0.2) is 0 Å². The number of hydrogen-bond acceptors (Lipinski definition) is 3. The van der Waals surface area contributed by atoms with Gasteiger partial charge in [0.05, 0.1) is 6.04 Å². The zero-order valence-corrected chi connectivity index (χ0v) is 6.86. The van der Waals surface area contributed by atoms with E-state index in [9.17, 15) is 4.79 Å². The van der Waals surface area contributed by atoms with Crippen LogP contribution in [0.5, 0.6) is 0 Å². The summed E-state index contributed by atoms with van der Waals surface area (Å²) in [6.07, 6.45) is 0. The summed E-state index contributed by atoms with van der Waals surface area (Å²) in [7, 11) is 1.94. The minimum atomic E-state index is -0.199. The molecule has 0 saturated carbocycles. The van der Waals surface area contributed by atoms with Crippen LogP contribution < -0.4 is 5.73 Å². The van der Waals surface area contributed by atoms with E-state index in [1.165, 1.54) is 0 Å². The summed E-state index contributed by atoms with van der Waals surface area (Å²) in [6, 6.07) is -0.0428. The Morgan fingerprint density at radius 1 is 1.80 bits per heavy atom. The minimum Gasteiger partial charge on any atom is -0.368 e. The lowest BCUT2D eigenvalue weighted by atomic mass is 10.3. The molecule has 0 aromatic heterocycles. The number of primary amides is 1. The van der Waals surface area contributed by atoms with Crippen LogP contribution in [-0.4, -0.2) is 41.9 Å². The Balaban J connectivity index is 2.47. The molecule has 1 rings (SSSR count).